The van der Waals surface area contributed by atoms with Crippen molar-refractivity contribution in [2.24, 2.45) is 5.73 Å². The van der Waals surface area contributed by atoms with Gasteiger partial charge >= 0.3 is 0 Å². The molecule has 6 heteroatoms. The van der Waals surface area contributed by atoms with Gasteiger partial charge < -0.3 is 15.9 Å². The fourth-order valence-corrected chi connectivity index (χ4v) is 10.8. The Morgan fingerprint density at radius 2 is 1.95 bits per heavy atom. The van der Waals surface area contributed by atoms with Crippen LogP contribution >= 0.6 is 30.9 Å². The van der Waals surface area contributed by atoms with E-state index in [9.17, 15) is 4.89 Å². The van der Waals surface area contributed by atoms with Crippen LogP contribution in [0.3, 0.4) is 0 Å². The Labute approximate surface area is 136 Å². The Kier molecular flexibility index (Phi) is 3.13. The molecule has 4 bridgehead atoms. The van der Waals surface area contributed by atoms with E-state index in [1.54, 1.807) is 0 Å². The molecular formula is C14H25IN3OP. The van der Waals surface area contributed by atoms with Crippen LogP contribution in [0.4, 0.5) is 0 Å². The Balaban J connectivity index is 1.74. The molecule has 5 aliphatic rings. The number of alkyl halides is 1. The second-order valence-corrected chi connectivity index (χ2v) is 12.2. The van der Waals surface area contributed by atoms with Crippen molar-refractivity contribution in [2.75, 3.05) is 19.6 Å². The molecule has 4 saturated carbocycles. The molecule has 0 amide bonds. The third-order valence-corrected chi connectivity index (χ3v) is 9.08. The molecule has 5 rings (SSSR count). The number of nitrogens with one attached hydrogen (secondary N) is 1. The molecule has 1 saturated heterocycles. The van der Waals surface area contributed by atoms with Gasteiger partial charge in [-0.1, -0.05) is 29.5 Å². The summed E-state index contributed by atoms with van der Waals surface area (Å²) in [5, 5.41) is 3.86. The quantitative estimate of drug-likeness (QED) is 0.288. The van der Waals surface area contributed by atoms with Crippen LogP contribution in [0.25, 0.3) is 0 Å². The second-order valence-electron chi connectivity index (χ2n) is 7.85. The summed E-state index contributed by atoms with van der Waals surface area (Å²) < 4.78 is 2.58. The van der Waals surface area contributed by atoms with Crippen LogP contribution in [-0.2, 0) is 0 Å². The molecule has 5 unspecified atom stereocenters. The number of nitrogens with zero attached hydrogens (tertiary/aromatic N) is 1. The Bertz CT molecular complexity index is 426. The summed E-state index contributed by atoms with van der Waals surface area (Å²) in [6.45, 7) is 5.38. The van der Waals surface area contributed by atoms with Crippen molar-refractivity contribution in [2.45, 2.75) is 65.1 Å². The highest BCUT2D eigenvalue weighted by atomic mass is 127. The molecule has 1 heterocycles. The van der Waals surface area contributed by atoms with Crippen molar-refractivity contribution >= 4 is 30.9 Å². The lowest BCUT2D eigenvalue weighted by Gasteiger charge is -2.69. The first kappa shape index (κ1) is 14.6. The van der Waals surface area contributed by atoms with E-state index in [4.69, 9.17) is 5.73 Å². The fraction of sp³-hybridized carbons (Fsp3) is 1.00. The van der Waals surface area contributed by atoms with Gasteiger partial charge in [0, 0.05) is 32.7 Å². The van der Waals surface area contributed by atoms with E-state index >= 15 is 0 Å². The van der Waals surface area contributed by atoms with Crippen LogP contribution in [-0.4, -0.2) is 48.9 Å². The maximum Gasteiger partial charge on any atom is 0.107 e. The van der Waals surface area contributed by atoms with E-state index in [1.807, 2.05) is 0 Å². The van der Waals surface area contributed by atoms with Gasteiger partial charge in [-0.25, -0.2) is 0 Å². The highest BCUT2D eigenvalue weighted by molar-refractivity contribution is 14.1. The molecule has 0 aromatic heterocycles. The Hall–Kier alpha value is 1.00. The van der Waals surface area contributed by atoms with Gasteiger partial charge in [0.25, 0.3) is 0 Å². The summed E-state index contributed by atoms with van der Waals surface area (Å²) >= 11 is 2.67. The molecule has 4 N–H and O–H groups in total. The van der Waals surface area contributed by atoms with Gasteiger partial charge in [0.1, 0.15) is 8.30 Å². The highest BCUT2D eigenvalue weighted by Crippen LogP contribution is 2.73. The Morgan fingerprint density at radius 1 is 1.20 bits per heavy atom. The summed E-state index contributed by atoms with van der Waals surface area (Å²) in [5.41, 5.74) is 6.92. The van der Waals surface area contributed by atoms with E-state index in [-0.39, 0.29) is 16.2 Å². The molecule has 0 spiro atoms. The zero-order valence-corrected chi connectivity index (χ0v) is 15.2. The predicted octanol–water partition coefficient (Wildman–Crippen LogP) is 1.95. The van der Waals surface area contributed by atoms with Crippen LogP contribution in [0.2, 0.25) is 0 Å². The monoisotopic (exact) mass is 409 g/mol. The largest absolute Gasteiger partial charge is 0.359 e. The second kappa shape index (κ2) is 4.30. The minimum atomic E-state index is -1.00. The average molecular weight is 409 g/mol. The standard InChI is InChI=1S/C14H25IN3OP/c1-2-17-13-6-11(15)5-12(16,8-13)9-14(7-11,10-13)20(19)18-3-4-18/h17,19H,2-10,16H2,1H3. The maximum absolute atomic E-state index is 11.0. The lowest BCUT2D eigenvalue weighted by molar-refractivity contribution is -0.00361. The van der Waals surface area contributed by atoms with Crippen molar-refractivity contribution in [3.8, 4) is 0 Å². The van der Waals surface area contributed by atoms with Crippen molar-refractivity contribution in [1.82, 2.24) is 9.99 Å². The van der Waals surface area contributed by atoms with Gasteiger partial charge in [0.15, 0.2) is 0 Å². The molecule has 0 aromatic carbocycles. The smallest absolute Gasteiger partial charge is 0.107 e. The first-order valence-electron chi connectivity index (χ1n) is 7.79. The summed E-state index contributed by atoms with van der Waals surface area (Å²) in [6, 6.07) is 0. The normalized spacial score (nSPS) is 55.2. The van der Waals surface area contributed by atoms with Crippen LogP contribution in [0.15, 0.2) is 0 Å². The van der Waals surface area contributed by atoms with Gasteiger partial charge in [-0.3, -0.25) is 4.67 Å². The third kappa shape index (κ3) is 2.11. The molecule has 114 valence electrons. The van der Waals surface area contributed by atoms with Crippen LogP contribution < -0.4 is 11.1 Å². The zero-order valence-electron chi connectivity index (χ0n) is 12.2. The van der Waals surface area contributed by atoms with E-state index in [1.165, 1.54) is 12.8 Å². The average Bonchev–Trinajstić information content (AvgIpc) is 3.05. The molecular weight excluding hydrogens is 384 g/mol. The van der Waals surface area contributed by atoms with Gasteiger partial charge in [0.2, 0.25) is 0 Å². The highest BCUT2D eigenvalue weighted by Gasteiger charge is 2.69. The molecule has 4 nitrogen and oxygen atoms in total. The zero-order chi connectivity index (χ0) is 14.2. The number of rotatable bonds is 4. The van der Waals surface area contributed by atoms with Crippen LogP contribution in [0.1, 0.15) is 45.4 Å². The lowest BCUT2D eigenvalue weighted by atomic mass is 9.49. The third-order valence-electron chi connectivity index (χ3n) is 5.68. The van der Waals surface area contributed by atoms with E-state index < -0.39 is 8.30 Å². The molecule has 5 fully saturated rings. The molecule has 1 aliphatic heterocycles. The maximum atomic E-state index is 11.0. The summed E-state index contributed by atoms with van der Waals surface area (Å²) in [6.07, 6.45) is 6.82. The molecule has 0 radical (unpaired) electrons. The molecule has 20 heavy (non-hydrogen) atoms. The molecule has 4 aliphatic carbocycles. The summed E-state index contributed by atoms with van der Waals surface area (Å²) in [4.78, 5) is 11.0. The van der Waals surface area contributed by atoms with Crippen molar-refractivity contribution in [3.63, 3.8) is 0 Å². The minimum absolute atomic E-state index is 0.0581. The fourth-order valence-electron chi connectivity index (χ4n) is 5.85. The van der Waals surface area contributed by atoms with Crippen molar-refractivity contribution in [3.05, 3.63) is 0 Å². The number of nitrogens with two attached hydrogens (primary N) is 1. The molecule has 0 aromatic rings. The summed E-state index contributed by atoms with van der Waals surface area (Å²) in [7, 11) is -1.00. The minimum Gasteiger partial charge on any atom is -0.359 e. The van der Waals surface area contributed by atoms with Gasteiger partial charge in [-0.2, -0.15) is 0 Å². The number of hydrogen-bond acceptors (Lipinski definition) is 4. The predicted molar refractivity (Wildman–Crippen MR) is 91.2 cm³/mol. The van der Waals surface area contributed by atoms with Crippen LogP contribution in [0.5, 0.6) is 0 Å². The van der Waals surface area contributed by atoms with E-state index in [2.05, 4.69) is 39.5 Å². The van der Waals surface area contributed by atoms with Gasteiger partial charge in [-0.15, -0.1) is 0 Å². The first-order valence-corrected chi connectivity index (χ1v) is 10.1. The summed E-state index contributed by atoms with van der Waals surface area (Å²) in [5.74, 6) is 0. The van der Waals surface area contributed by atoms with Crippen molar-refractivity contribution < 1.29 is 4.89 Å². The van der Waals surface area contributed by atoms with Crippen LogP contribution in [0, 0.1) is 0 Å². The number of hydrogen-bond donors (Lipinski definition) is 3. The van der Waals surface area contributed by atoms with E-state index in [0.717, 1.165) is 45.3 Å². The SMILES string of the molecule is CCNC12CC3(N)CC(I)(C1)CC(P(O)N1CC1)(C3)C2. The Morgan fingerprint density at radius 3 is 2.55 bits per heavy atom. The van der Waals surface area contributed by atoms with E-state index in [0.29, 0.717) is 3.42 Å². The van der Waals surface area contributed by atoms with Gasteiger partial charge in [-0.05, 0) is 45.1 Å². The topological polar surface area (TPSA) is 61.3 Å². The molecule has 5 atom stereocenters. The number of halogens is 1. The van der Waals surface area contributed by atoms with Gasteiger partial charge in [0.05, 0.1) is 0 Å². The first-order chi connectivity index (χ1) is 9.32. The lowest BCUT2D eigenvalue weighted by Crippen LogP contribution is -2.75. The van der Waals surface area contributed by atoms with Crippen molar-refractivity contribution in [1.29, 1.82) is 0 Å².